The van der Waals surface area contributed by atoms with Crippen LogP contribution in [0.5, 0.6) is 0 Å². The summed E-state index contributed by atoms with van der Waals surface area (Å²) >= 11 is 0. The number of aromatic nitrogens is 3. The van der Waals surface area contributed by atoms with Crippen LogP contribution in [-0.4, -0.2) is 46.6 Å². The Bertz CT molecular complexity index is 1070. The smallest absolute Gasteiger partial charge is 0.301 e. The third-order valence-electron chi connectivity index (χ3n) is 5.69. The zero-order valence-corrected chi connectivity index (χ0v) is 21.9. The molecule has 0 saturated carbocycles. The summed E-state index contributed by atoms with van der Waals surface area (Å²) in [5.41, 5.74) is 7.41. The predicted octanol–water partition coefficient (Wildman–Crippen LogP) is 5.43. The SMILES string of the molecule is CCCC(=O)F.CCCc1c(N2CCNCC2)cc(C)nc1C.Cc1cn2cc(C)c(F)cc2n1. The van der Waals surface area contributed by atoms with Crippen LogP contribution in [-0.2, 0) is 11.2 Å². The van der Waals surface area contributed by atoms with E-state index in [0.717, 1.165) is 44.0 Å². The first kappa shape index (κ1) is 28.4. The van der Waals surface area contributed by atoms with Gasteiger partial charge in [0, 0.05) is 73.7 Å². The number of hydrogen-bond donors (Lipinski definition) is 1. The van der Waals surface area contributed by atoms with E-state index in [1.54, 1.807) is 20.0 Å². The Morgan fingerprint density at radius 2 is 1.69 bits per heavy atom. The summed E-state index contributed by atoms with van der Waals surface area (Å²) in [5.74, 6) is -0.201. The first-order valence-electron chi connectivity index (χ1n) is 12.4. The van der Waals surface area contributed by atoms with Crippen molar-refractivity contribution in [1.29, 1.82) is 0 Å². The highest BCUT2D eigenvalue weighted by Crippen LogP contribution is 2.25. The minimum absolute atomic E-state index is 0.0694. The largest absolute Gasteiger partial charge is 0.369 e. The lowest BCUT2D eigenvalue weighted by atomic mass is 10.0. The van der Waals surface area contributed by atoms with Gasteiger partial charge in [0.25, 0.3) is 0 Å². The molecule has 0 unspecified atom stereocenters. The average Bonchev–Trinajstić information content (AvgIpc) is 3.16. The number of carbonyl (C=O) groups excluding carboxylic acids is 1. The van der Waals surface area contributed by atoms with Gasteiger partial charge in [-0.15, -0.1) is 0 Å². The second-order valence-corrected chi connectivity index (χ2v) is 8.89. The molecule has 4 heterocycles. The zero-order chi connectivity index (χ0) is 26.0. The van der Waals surface area contributed by atoms with Crippen LogP contribution in [0.1, 0.15) is 61.3 Å². The summed E-state index contributed by atoms with van der Waals surface area (Å²) in [7, 11) is 0. The van der Waals surface area contributed by atoms with Crippen LogP contribution in [0.2, 0.25) is 0 Å². The Hall–Kier alpha value is -2.87. The lowest BCUT2D eigenvalue weighted by molar-refractivity contribution is -0.129. The molecule has 0 aromatic carbocycles. The van der Waals surface area contributed by atoms with Crippen LogP contribution in [0.15, 0.2) is 24.5 Å². The fourth-order valence-electron chi connectivity index (χ4n) is 4.02. The summed E-state index contributed by atoms with van der Waals surface area (Å²) in [6.07, 6.45) is 6.62. The van der Waals surface area contributed by atoms with Crippen molar-refractivity contribution in [3.8, 4) is 0 Å². The van der Waals surface area contributed by atoms with Crippen LogP contribution in [0, 0.1) is 33.5 Å². The van der Waals surface area contributed by atoms with Crippen molar-refractivity contribution in [2.75, 3.05) is 31.1 Å². The van der Waals surface area contributed by atoms with Crippen molar-refractivity contribution in [1.82, 2.24) is 19.7 Å². The van der Waals surface area contributed by atoms with E-state index in [1.807, 2.05) is 17.5 Å². The molecule has 0 bridgehead atoms. The van der Waals surface area contributed by atoms with Crippen LogP contribution in [0.4, 0.5) is 14.5 Å². The molecule has 0 spiro atoms. The van der Waals surface area contributed by atoms with Gasteiger partial charge in [-0.1, -0.05) is 20.3 Å². The number of rotatable bonds is 5. The summed E-state index contributed by atoms with van der Waals surface area (Å²) in [4.78, 5) is 20.6. The number of nitrogens with zero attached hydrogens (tertiary/aromatic N) is 4. The minimum Gasteiger partial charge on any atom is -0.369 e. The molecule has 0 amide bonds. The van der Waals surface area contributed by atoms with Crippen molar-refractivity contribution in [2.24, 2.45) is 0 Å². The normalized spacial score (nSPS) is 13.1. The predicted molar refractivity (Wildman–Crippen MR) is 138 cm³/mol. The molecule has 4 rings (SSSR count). The molecule has 192 valence electrons. The lowest BCUT2D eigenvalue weighted by Crippen LogP contribution is -2.44. The van der Waals surface area contributed by atoms with Crippen molar-refractivity contribution in [3.63, 3.8) is 0 Å². The van der Waals surface area contributed by atoms with Gasteiger partial charge in [-0.3, -0.25) is 9.78 Å². The van der Waals surface area contributed by atoms with Gasteiger partial charge < -0.3 is 14.6 Å². The van der Waals surface area contributed by atoms with Gasteiger partial charge in [0.2, 0.25) is 0 Å². The van der Waals surface area contributed by atoms with E-state index in [9.17, 15) is 13.6 Å². The van der Waals surface area contributed by atoms with Crippen LogP contribution in [0.25, 0.3) is 5.65 Å². The monoisotopic (exact) mass is 487 g/mol. The maximum Gasteiger partial charge on any atom is 0.301 e. The van der Waals surface area contributed by atoms with Crippen molar-refractivity contribution < 1.29 is 13.6 Å². The van der Waals surface area contributed by atoms with E-state index in [4.69, 9.17) is 0 Å². The highest BCUT2D eigenvalue weighted by molar-refractivity contribution is 5.67. The zero-order valence-electron chi connectivity index (χ0n) is 21.9. The summed E-state index contributed by atoms with van der Waals surface area (Å²) in [5, 5.41) is 3.41. The summed E-state index contributed by atoms with van der Waals surface area (Å²) in [6.45, 7) is 16.3. The van der Waals surface area contributed by atoms with Gasteiger partial charge >= 0.3 is 6.04 Å². The van der Waals surface area contributed by atoms with Gasteiger partial charge in [0.15, 0.2) is 0 Å². The molecular weight excluding hydrogens is 448 g/mol. The van der Waals surface area contributed by atoms with Gasteiger partial charge in [-0.25, -0.2) is 9.37 Å². The van der Waals surface area contributed by atoms with E-state index in [-0.39, 0.29) is 12.2 Å². The number of nitrogens with one attached hydrogen (secondary N) is 1. The lowest BCUT2D eigenvalue weighted by Gasteiger charge is -2.32. The molecule has 1 aliphatic rings. The maximum atomic E-state index is 13.0. The molecule has 1 aliphatic heterocycles. The number of pyridine rings is 2. The molecule has 0 aliphatic carbocycles. The van der Waals surface area contributed by atoms with Crippen LogP contribution >= 0.6 is 0 Å². The second-order valence-electron chi connectivity index (χ2n) is 8.89. The van der Waals surface area contributed by atoms with Gasteiger partial charge in [-0.2, -0.15) is 4.39 Å². The Morgan fingerprint density at radius 3 is 2.26 bits per heavy atom. The highest BCUT2D eigenvalue weighted by Gasteiger charge is 2.16. The van der Waals surface area contributed by atoms with Gasteiger partial charge in [0.05, 0.1) is 5.69 Å². The molecule has 1 N–H and O–H groups in total. The number of halogens is 2. The maximum absolute atomic E-state index is 13.0. The van der Waals surface area contributed by atoms with E-state index >= 15 is 0 Å². The summed E-state index contributed by atoms with van der Waals surface area (Å²) in [6, 6.07) is 2.49. The Balaban J connectivity index is 0.000000209. The summed E-state index contributed by atoms with van der Waals surface area (Å²) < 4.78 is 25.9. The number of anilines is 1. The first-order valence-corrected chi connectivity index (χ1v) is 12.4. The molecule has 8 heteroatoms. The molecule has 6 nitrogen and oxygen atoms in total. The Labute approximate surface area is 207 Å². The Kier molecular flexibility index (Phi) is 11.2. The number of fused-ring (bicyclic) bond motifs is 1. The van der Waals surface area contributed by atoms with Crippen molar-refractivity contribution >= 4 is 17.4 Å². The number of piperazine rings is 1. The topological polar surface area (TPSA) is 62.5 Å². The number of hydrogen-bond acceptors (Lipinski definition) is 5. The number of imidazole rings is 1. The first-order chi connectivity index (χ1) is 16.7. The molecule has 35 heavy (non-hydrogen) atoms. The molecule has 0 radical (unpaired) electrons. The fraction of sp³-hybridized carbons (Fsp3) is 0.519. The third-order valence-corrected chi connectivity index (χ3v) is 5.69. The molecule has 1 fully saturated rings. The molecule has 3 aromatic heterocycles. The Morgan fingerprint density at radius 1 is 1.00 bits per heavy atom. The highest BCUT2D eigenvalue weighted by atomic mass is 19.1. The van der Waals surface area contributed by atoms with Gasteiger partial charge in [-0.05, 0) is 52.2 Å². The van der Waals surface area contributed by atoms with Crippen LogP contribution in [0.3, 0.4) is 0 Å². The second kappa shape index (κ2) is 13.9. The van der Waals surface area contributed by atoms with E-state index in [0.29, 0.717) is 17.6 Å². The van der Waals surface area contributed by atoms with Crippen molar-refractivity contribution in [3.05, 3.63) is 58.6 Å². The van der Waals surface area contributed by atoms with Crippen LogP contribution < -0.4 is 10.2 Å². The van der Waals surface area contributed by atoms with Crippen molar-refractivity contribution in [2.45, 2.75) is 67.2 Å². The molecule has 3 aromatic rings. The third kappa shape index (κ3) is 8.69. The average molecular weight is 488 g/mol. The fourth-order valence-corrected chi connectivity index (χ4v) is 4.02. The number of aryl methyl sites for hydroxylation is 4. The molecule has 1 saturated heterocycles. The van der Waals surface area contributed by atoms with E-state index in [1.165, 1.54) is 29.4 Å². The van der Waals surface area contributed by atoms with Gasteiger partial charge in [0.1, 0.15) is 11.5 Å². The molecular formula is C27H39F2N5O. The van der Waals surface area contributed by atoms with E-state index in [2.05, 4.69) is 47.0 Å². The quantitative estimate of drug-likeness (QED) is 0.486. The molecule has 0 atom stereocenters. The standard InChI is InChI=1S/C14H23N3.C9H9FN2.C4H7FO/c1-4-5-13-12(3)16-11(2)10-14(13)17-8-6-15-7-9-17;1-6-4-12-5-7(2)11-9(12)3-8(6)10;1-2-3-4(5)6/h10,15H,4-9H2,1-3H3;3-5H,1-2H3;2-3H2,1H3. The van der Waals surface area contributed by atoms with E-state index < -0.39 is 6.04 Å². The minimum atomic E-state index is -1.21. The number of carbonyl (C=O) groups is 1.